The molecule has 2 amide bonds. The van der Waals surface area contributed by atoms with Gasteiger partial charge in [-0.2, -0.15) is 0 Å². The monoisotopic (exact) mass is 619 g/mol. The number of amides is 2. The lowest BCUT2D eigenvalue weighted by Crippen LogP contribution is -2.54. The highest BCUT2D eigenvalue weighted by molar-refractivity contribution is 7.92. The number of benzene rings is 3. The lowest BCUT2D eigenvalue weighted by atomic mass is 10.1. The first-order valence-corrected chi connectivity index (χ1v) is 15.3. The van der Waals surface area contributed by atoms with Crippen LogP contribution in [0.15, 0.2) is 77.7 Å². The predicted molar refractivity (Wildman–Crippen MR) is 163 cm³/mol. The van der Waals surface area contributed by atoms with Crippen molar-refractivity contribution in [3.63, 3.8) is 0 Å². The first-order chi connectivity index (χ1) is 19.2. The van der Waals surface area contributed by atoms with E-state index < -0.39 is 34.1 Å². The molecule has 0 spiro atoms. The van der Waals surface area contributed by atoms with Gasteiger partial charge < -0.3 is 15.0 Å². The lowest BCUT2D eigenvalue weighted by Gasteiger charge is -2.33. The van der Waals surface area contributed by atoms with E-state index in [1.165, 1.54) is 17.0 Å². The summed E-state index contributed by atoms with van der Waals surface area (Å²) >= 11 is 12.3. The first kappa shape index (κ1) is 32.2. The fourth-order valence-corrected chi connectivity index (χ4v) is 5.77. The number of nitrogens with one attached hydrogen (secondary N) is 1. The molecule has 1 atom stereocenters. The fourth-order valence-electron chi connectivity index (χ4n) is 4.02. The molecule has 41 heavy (non-hydrogen) atoms. The van der Waals surface area contributed by atoms with Crippen molar-refractivity contribution in [1.29, 1.82) is 0 Å². The number of carbonyl (C=O) groups excluding carboxylic acids is 2. The Kier molecular flexibility index (Phi) is 10.7. The van der Waals surface area contributed by atoms with Crippen LogP contribution in [-0.4, -0.2) is 49.9 Å². The number of sulfonamides is 1. The predicted octanol–water partition coefficient (Wildman–Crippen LogP) is 5.92. The molecule has 0 aliphatic carbocycles. The van der Waals surface area contributed by atoms with E-state index in [9.17, 15) is 18.0 Å². The van der Waals surface area contributed by atoms with E-state index in [0.717, 1.165) is 4.31 Å². The summed E-state index contributed by atoms with van der Waals surface area (Å²) in [4.78, 5) is 28.5. The zero-order valence-electron chi connectivity index (χ0n) is 23.7. The molecule has 220 valence electrons. The van der Waals surface area contributed by atoms with Crippen LogP contribution < -0.4 is 14.4 Å². The van der Waals surface area contributed by atoms with Crippen molar-refractivity contribution in [2.24, 2.45) is 0 Å². The quantitative estimate of drug-likeness (QED) is 0.287. The largest absolute Gasteiger partial charge is 0.494 e. The number of hydrogen-bond acceptors (Lipinski definition) is 5. The smallest absolute Gasteiger partial charge is 0.264 e. The molecule has 11 heteroatoms. The van der Waals surface area contributed by atoms with Gasteiger partial charge in [0, 0.05) is 12.1 Å². The van der Waals surface area contributed by atoms with Gasteiger partial charge in [0.05, 0.1) is 27.2 Å². The van der Waals surface area contributed by atoms with E-state index in [2.05, 4.69) is 5.32 Å². The highest BCUT2D eigenvalue weighted by Crippen LogP contribution is 2.27. The first-order valence-electron chi connectivity index (χ1n) is 13.1. The van der Waals surface area contributed by atoms with Gasteiger partial charge in [-0.1, -0.05) is 47.5 Å². The maximum absolute atomic E-state index is 14.0. The maximum atomic E-state index is 14.0. The highest BCUT2D eigenvalue weighted by Gasteiger charge is 2.33. The summed E-state index contributed by atoms with van der Waals surface area (Å²) in [6.07, 6.45) is 0. The normalized spacial score (nSPS) is 12.4. The highest BCUT2D eigenvalue weighted by atomic mass is 35.5. The van der Waals surface area contributed by atoms with E-state index in [1.807, 2.05) is 27.7 Å². The molecule has 0 saturated heterocycles. The third-order valence-corrected chi connectivity index (χ3v) is 8.58. The standard InChI is InChI=1S/C30H35Cl2N3O5S/c1-6-40-24-15-13-23(14-16-24)35(41(38,39)25-10-8-7-9-11-25)20-28(36)34(21(2)29(37)33-30(3,4)5)19-22-12-17-26(31)27(32)18-22/h7-18,21H,6,19-20H2,1-5H3,(H,33,37)/t21-/m1/s1. The molecule has 0 unspecified atom stereocenters. The minimum Gasteiger partial charge on any atom is -0.494 e. The third-order valence-electron chi connectivity index (χ3n) is 6.05. The van der Waals surface area contributed by atoms with E-state index in [-0.39, 0.29) is 23.0 Å². The number of ether oxygens (including phenoxy) is 1. The van der Waals surface area contributed by atoms with Crippen molar-refractivity contribution in [2.45, 2.75) is 57.6 Å². The molecule has 0 saturated carbocycles. The maximum Gasteiger partial charge on any atom is 0.264 e. The molecule has 0 radical (unpaired) electrons. The van der Waals surface area contributed by atoms with Crippen LogP contribution >= 0.6 is 23.2 Å². The van der Waals surface area contributed by atoms with Gasteiger partial charge in [0.15, 0.2) is 0 Å². The molecule has 3 aromatic carbocycles. The van der Waals surface area contributed by atoms with Crippen LogP contribution in [0.3, 0.4) is 0 Å². The summed E-state index contributed by atoms with van der Waals surface area (Å²) in [7, 11) is -4.16. The molecule has 3 rings (SSSR count). The summed E-state index contributed by atoms with van der Waals surface area (Å²) in [5.41, 5.74) is 0.350. The third kappa shape index (κ3) is 8.61. The molecule has 1 N–H and O–H groups in total. The van der Waals surface area contributed by atoms with Crippen LogP contribution in [-0.2, 0) is 26.2 Å². The molecule has 0 aromatic heterocycles. The van der Waals surface area contributed by atoms with Crippen LogP contribution in [0.2, 0.25) is 10.0 Å². The lowest BCUT2D eigenvalue weighted by molar-refractivity contribution is -0.140. The molecule has 0 aliphatic heterocycles. The van der Waals surface area contributed by atoms with Gasteiger partial charge in [-0.3, -0.25) is 13.9 Å². The van der Waals surface area contributed by atoms with Gasteiger partial charge in [-0.25, -0.2) is 8.42 Å². The van der Waals surface area contributed by atoms with Crippen molar-refractivity contribution in [1.82, 2.24) is 10.2 Å². The number of anilines is 1. The van der Waals surface area contributed by atoms with Gasteiger partial charge >= 0.3 is 0 Å². The number of carbonyl (C=O) groups is 2. The summed E-state index contributed by atoms with van der Waals surface area (Å²) in [6.45, 7) is 8.84. The topological polar surface area (TPSA) is 96.0 Å². The second-order valence-electron chi connectivity index (χ2n) is 10.4. The van der Waals surface area contributed by atoms with Gasteiger partial charge in [-0.05, 0) is 88.7 Å². The summed E-state index contributed by atoms with van der Waals surface area (Å²) in [5.74, 6) is -0.404. The average molecular weight is 621 g/mol. The Balaban J connectivity index is 2.04. The van der Waals surface area contributed by atoms with Crippen molar-refractivity contribution in [2.75, 3.05) is 17.5 Å². The molecular formula is C30H35Cl2N3O5S. The summed E-state index contributed by atoms with van der Waals surface area (Å²) in [5, 5.41) is 3.54. The Morgan fingerprint density at radius 2 is 1.59 bits per heavy atom. The minimum atomic E-state index is -4.16. The Bertz CT molecular complexity index is 1460. The van der Waals surface area contributed by atoms with Crippen molar-refractivity contribution in [3.05, 3.63) is 88.4 Å². The fraction of sp³-hybridized carbons (Fsp3) is 0.333. The average Bonchev–Trinajstić information content (AvgIpc) is 2.92. The SMILES string of the molecule is CCOc1ccc(N(CC(=O)N(Cc2ccc(Cl)c(Cl)c2)[C@H](C)C(=O)NC(C)(C)C)S(=O)(=O)c2ccccc2)cc1. The second kappa shape index (κ2) is 13.6. The van der Waals surface area contributed by atoms with E-state index in [4.69, 9.17) is 27.9 Å². The Morgan fingerprint density at radius 1 is 0.951 bits per heavy atom. The Hall–Kier alpha value is -3.27. The van der Waals surface area contributed by atoms with Crippen LogP contribution in [0, 0.1) is 0 Å². The number of rotatable bonds is 11. The van der Waals surface area contributed by atoms with Crippen molar-refractivity contribution >= 4 is 50.7 Å². The summed E-state index contributed by atoms with van der Waals surface area (Å²) in [6, 6.07) is 18.3. The number of nitrogens with zero attached hydrogens (tertiary/aromatic N) is 2. The molecule has 0 heterocycles. The number of halogens is 2. The van der Waals surface area contributed by atoms with E-state index in [0.29, 0.717) is 28.0 Å². The molecule has 0 fully saturated rings. The van der Waals surface area contributed by atoms with Crippen LogP contribution in [0.5, 0.6) is 5.75 Å². The molecule has 3 aromatic rings. The Morgan fingerprint density at radius 3 is 2.15 bits per heavy atom. The van der Waals surface area contributed by atoms with Gasteiger partial charge in [0.1, 0.15) is 18.3 Å². The van der Waals surface area contributed by atoms with Crippen molar-refractivity contribution < 1.29 is 22.7 Å². The van der Waals surface area contributed by atoms with Crippen LogP contribution in [0.25, 0.3) is 0 Å². The second-order valence-corrected chi connectivity index (χ2v) is 13.1. The summed E-state index contributed by atoms with van der Waals surface area (Å²) < 4.78 is 34.2. The van der Waals surface area contributed by atoms with Gasteiger partial charge in [-0.15, -0.1) is 0 Å². The molecule has 0 aliphatic rings. The zero-order chi connectivity index (χ0) is 30.4. The Labute approximate surface area is 252 Å². The minimum absolute atomic E-state index is 0.00302. The van der Waals surface area contributed by atoms with E-state index in [1.54, 1.807) is 67.6 Å². The number of hydrogen-bond donors (Lipinski definition) is 1. The van der Waals surface area contributed by atoms with Crippen LogP contribution in [0.1, 0.15) is 40.2 Å². The van der Waals surface area contributed by atoms with Gasteiger partial charge in [0.2, 0.25) is 11.8 Å². The molecular weight excluding hydrogens is 585 g/mol. The molecule has 8 nitrogen and oxygen atoms in total. The van der Waals surface area contributed by atoms with Crippen LogP contribution in [0.4, 0.5) is 5.69 Å². The zero-order valence-corrected chi connectivity index (χ0v) is 26.1. The van der Waals surface area contributed by atoms with Crippen molar-refractivity contribution in [3.8, 4) is 5.75 Å². The molecule has 0 bridgehead atoms. The van der Waals surface area contributed by atoms with Gasteiger partial charge in [0.25, 0.3) is 10.0 Å². The van der Waals surface area contributed by atoms with E-state index >= 15 is 0 Å².